The molecule has 0 bridgehead atoms. The Hall–Kier alpha value is -1.59. The van der Waals surface area contributed by atoms with Gasteiger partial charge >= 0.3 is 0 Å². The van der Waals surface area contributed by atoms with Crippen LogP contribution in [0.25, 0.3) is 0 Å². The fourth-order valence-corrected chi connectivity index (χ4v) is 2.79. The highest BCUT2D eigenvalue weighted by molar-refractivity contribution is 8.00. The Balaban J connectivity index is 1.88. The summed E-state index contributed by atoms with van der Waals surface area (Å²) >= 11 is 6.96. The van der Waals surface area contributed by atoms with E-state index in [-0.39, 0.29) is 5.91 Å². The summed E-state index contributed by atoms with van der Waals surface area (Å²) in [7, 11) is 0. The van der Waals surface area contributed by atoms with Gasteiger partial charge in [0.05, 0.1) is 5.25 Å². The number of halogens is 3. The van der Waals surface area contributed by atoms with Crippen LogP contribution in [0, 0.1) is 11.6 Å². The number of hydrogen-bond donors (Lipinski definition) is 1. The lowest BCUT2D eigenvalue weighted by molar-refractivity contribution is -0.120. The van der Waals surface area contributed by atoms with Gasteiger partial charge in [-0.25, -0.2) is 8.78 Å². The van der Waals surface area contributed by atoms with Gasteiger partial charge < -0.3 is 5.32 Å². The zero-order chi connectivity index (χ0) is 16.1. The van der Waals surface area contributed by atoms with E-state index in [1.807, 2.05) is 12.1 Å². The molecular formula is C16H14ClF2NOS. The van der Waals surface area contributed by atoms with Gasteiger partial charge in [0.1, 0.15) is 0 Å². The monoisotopic (exact) mass is 341 g/mol. The third-order valence-corrected chi connectivity index (χ3v) is 4.30. The number of thioether (sulfide) groups is 1. The van der Waals surface area contributed by atoms with Gasteiger partial charge in [-0.05, 0) is 42.8 Å². The largest absolute Gasteiger partial charge is 0.351 e. The number of benzene rings is 2. The second-order valence-electron chi connectivity index (χ2n) is 4.68. The summed E-state index contributed by atoms with van der Waals surface area (Å²) in [5, 5.41) is 3.01. The zero-order valence-corrected chi connectivity index (χ0v) is 13.3. The summed E-state index contributed by atoms with van der Waals surface area (Å²) in [6.07, 6.45) is 0. The average molecular weight is 342 g/mol. The van der Waals surface area contributed by atoms with Crippen molar-refractivity contribution >= 4 is 29.3 Å². The first-order chi connectivity index (χ1) is 10.5. The Kier molecular flexibility index (Phi) is 5.80. The van der Waals surface area contributed by atoms with E-state index in [9.17, 15) is 13.6 Å². The Bertz CT molecular complexity index is 664. The molecule has 22 heavy (non-hydrogen) atoms. The average Bonchev–Trinajstić information content (AvgIpc) is 2.50. The second-order valence-corrected chi connectivity index (χ2v) is 6.53. The molecule has 0 saturated carbocycles. The lowest BCUT2D eigenvalue weighted by atomic mass is 10.2. The summed E-state index contributed by atoms with van der Waals surface area (Å²) in [4.78, 5) is 12.5. The van der Waals surface area contributed by atoms with Gasteiger partial charge in [0.15, 0.2) is 11.6 Å². The maximum Gasteiger partial charge on any atom is 0.233 e. The van der Waals surface area contributed by atoms with Crippen molar-refractivity contribution in [2.24, 2.45) is 0 Å². The number of amides is 1. The predicted octanol–water partition coefficient (Wildman–Crippen LogP) is 4.42. The minimum Gasteiger partial charge on any atom is -0.351 e. The Morgan fingerprint density at radius 1 is 1.18 bits per heavy atom. The van der Waals surface area contributed by atoms with Crippen molar-refractivity contribution in [2.45, 2.75) is 23.6 Å². The number of hydrogen-bond acceptors (Lipinski definition) is 2. The molecule has 0 fully saturated rings. The van der Waals surface area contributed by atoms with Crippen LogP contribution in [-0.2, 0) is 11.3 Å². The van der Waals surface area contributed by atoms with Crippen LogP contribution < -0.4 is 5.32 Å². The topological polar surface area (TPSA) is 29.1 Å². The molecule has 116 valence electrons. The zero-order valence-electron chi connectivity index (χ0n) is 11.8. The predicted molar refractivity (Wildman–Crippen MR) is 85.0 cm³/mol. The van der Waals surface area contributed by atoms with Crippen LogP contribution in [0.15, 0.2) is 47.4 Å². The molecule has 0 radical (unpaired) electrons. The molecule has 2 rings (SSSR count). The summed E-state index contributed by atoms with van der Waals surface area (Å²) < 4.78 is 26.0. The van der Waals surface area contributed by atoms with Crippen LogP contribution in [0.2, 0.25) is 5.02 Å². The quantitative estimate of drug-likeness (QED) is 0.816. The van der Waals surface area contributed by atoms with E-state index in [2.05, 4.69) is 5.32 Å². The van der Waals surface area contributed by atoms with Crippen LogP contribution in [0.1, 0.15) is 12.5 Å². The first-order valence-corrected chi connectivity index (χ1v) is 7.85. The van der Waals surface area contributed by atoms with Gasteiger partial charge in [0.2, 0.25) is 5.91 Å². The first kappa shape index (κ1) is 16.8. The van der Waals surface area contributed by atoms with Crippen LogP contribution in [-0.4, -0.2) is 11.2 Å². The molecule has 1 amide bonds. The van der Waals surface area contributed by atoms with Crippen molar-refractivity contribution in [3.63, 3.8) is 0 Å². The van der Waals surface area contributed by atoms with Crippen molar-refractivity contribution < 1.29 is 13.6 Å². The molecule has 0 aromatic heterocycles. The van der Waals surface area contributed by atoms with Crippen LogP contribution in [0.5, 0.6) is 0 Å². The van der Waals surface area contributed by atoms with E-state index < -0.39 is 16.9 Å². The molecule has 0 aliphatic carbocycles. The van der Waals surface area contributed by atoms with E-state index in [1.165, 1.54) is 17.8 Å². The Morgan fingerprint density at radius 3 is 2.50 bits per heavy atom. The molecule has 1 unspecified atom stereocenters. The van der Waals surface area contributed by atoms with Crippen molar-refractivity contribution in [1.82, 2.24) is 5.32 Å². The number of carbonyl (C=O) groups is 1. The van der Waals surface area contributed by atoms with Crippen molar-refractivity contribution in [1.29, 1.82) is 0 Å². The SMILES string of the molecule is CC(Sc1ccc(F)c(F)c1)C(=O)NCc1ccc(Cl)cc1. The third kappa shape index (κ3) is 4.71. The first-order valence-electron chi connectivity index (χ1n) is 6.59. The van der Waals surface area contributed by atoms with E-state index >= 15 is 0 Å². The highest BCUT2D eigenvalue weighted by Crippen LogP contribution is 2.25. The normalized spacial score (nSPS) is 12.0. The minimum absolute atomic E-state index is 0.176. The van der Waals surface area contributed by atoms with Crippen LogP contribution >= 0.6 is 23.4 Å². The molecule has 0 heterocycles. The maximum atomic E-state index is 13.1. The third-order valence-electron chi connectivity index (χ3n) is 2.95. The van der Waals surface area contributed by atoms with Gasteiger partial charge in [-0.1, -0.05) is 23.7 Å². The standard InChI is InChI=1S/C16H14ClF2NOS/c1-10(22-13-6-7-14(18)15(19)8-13)16(21)20-9-11-2-4-12(17)5-3-11/h2-8,10H,9H2,1H3,(H,20,21). The van der Waals surface area contributed by atoms with Gasteiger partial charge in [0.25, 0.3) is 0 Å². The molecule has 1 atom stereocenters. The van der Waals surface area contributed by atoms with Crippen molar-refractivity contribution in [3.8, 4) is 0 Å². The Morgan fingerprint density at radius 2 is 1.86 bits per heavy atom. The molecule has 0 spiro atoms. The molecule has 1 N–H and O–H groups in total. The fraction of sp³-hybridized carbons (Fsp3) is 0.188. The molecule has 2 aromatic rings. The molecule has 2 aromatic carbocycles. The van der Waals surface area contributed by atoms with E-state index in [0.29, 0.717) is 16.5 Å². The van der Waals surface area contributed by atoms with Gasteiger partial charge in [-0.2, -0.15) is 0 Å². The summed E-state index contributed by atoms with van der Waals surface area (Å²) in [6.45, 7) is 2.10. The fourth-order valence-electron chi connectivity index (χ4n) is 1.74. The lowest BCUT2D eigenvalue weighted by Crippen LogP contribution is -2.30. The highest BCUT2D eigenvalue weighted by Gasteiger charge is 2.15. The molecule has 0 aliphatic heterocycles. The van der Waals surface area contributed by atoms with Gasteiger partial charge in [0, 0.05) is 16.5 Å². The summed E-state index contributed by atoms with van der Waals surface area (Å²) in [5.41, 5.74) is 0.933. The second kappa shape index (κ2) is 7.61. The van der Waals surface area contributed by atoms with E-state index in [4.69, 9.17) is 11.6 Å². The van der Waals surface area contributed by atoms with Gasteiger partial charge in [-0.15, -0.1) is 11.8 Å². The maximum absolute atomic E-state index is 13.1. The lowest BCUT2D eigenvalue weighted by Gasteiger charge is -2.12. The molecule has 0 saturated heterocycles. The number of carbonyl (C=O) groups excluding carboxylic acids is 1. The molecular weight excluding hydrogens is 328 g/mol. The minimum atomic E-state index is -0.918. The summed E-state index contributed by atoms with van der Waals surface area (Å²) in [5.74, 6) is -1.99. The summed E-state index contributed by atoms with van der Waals surface area (Å²) in [6, 6.07) is 10.8. The van der Waals surface area contributed by atoms with Crippen LogP contribution in [0.3, 0.4) is 0 Å². The van der Waals surface area contributed by atoms with E-state index in [0.717, 1.165) is 17.7 Å². The van der Waals surface area contributed by atoms with Gasteiger partial charge in [-0.3, -0.25) is 4.79 Å². The van der Waals surface area contributed by atoms with Crippen molar-refractivity contribution in [2.75, 3.05) is 0 Å². The molecule has 6 heteroatoms. The molecule has 0 aliphatic rings. The molecule has 2 nitrogen and oxygen atoms in total. The smallest absolute Gasteiger partial charge is 0.233 e. The van der Waals surface area contributed by atoms with E-state index in [1.54, 1.807) is 19.1 Å². The number of nitrogens with one attached hydrogen (secondary N) is 1. The highest BCUT2D eigenvalue weighted by atomic mass is 35.5. The Labute approximate surface area is 136 Å². The van der Waals surface area contributed by atoms with Crippen molar-refractivity contribution in [3.05, 3.63) is 64.7 Å². The van der Waals surface area contributed by atoms with Crippen LogP contribution in [0.4, 0.5) is 8.78 Å². The number of rotatable bonds is 5.